The molecule has 2 rings (SSSR count). The molecule has 8 heteroatoms. The van der Waals surface area contributed by atoms with E-state index in [1.165, 1.54) is 16.0 Å². The highest BCUT2D eigenvalue weighted by Gasteiger charge is 2.23. The number of methoxy groups -OCH3 is 1. The van der Waals surface area contributed by atoms with Crippen LogP contribution in [-0.4, -0.2) is 32.7 Å². The molecule has 2 aromatic rings. The van der Waals surface area contributed by atoms with E-state index in [0.29, 0.717) is 21.1 Å². The highest BCUT2D eigenvalue weighted by Crippen LogP contribution is 2.36. The normalized spacial score (nSPS) is 11.4. The maximum absolute atomic E-state index is 12.2. The van der Waals surface area contributed by atoms with Crippen LogP contribution in [0.1, 0.15) is 6.92 Å². The zero-order valence-electron chi connectivity index (χ0n) is 12.1. The van der Waals surface area contributed by atoms with E-state index in [4.69, 9.17) is 4.74 Å². The van der Waals surface area contributed by atoms with Gasteiger partial charge < -0.3 is 4.74 Å². The van der Waals surface area contributed by atoms with Crippen molar-refractivity contribution >= 4 is 48.6 Å². The number of carbonyl (C=O) groups excluding carboxylic acids is 1. The molecule has 118 valence electrons. The third-order valence-corrected chi connectivity index (χ3v) is 5.30. The lowest BCUT2D eigenvalue weighted by molar-refractivity contribution is 0.174. The lowest BCUT2D eigenvalue weighted by atomic mass is 10.2. The third kappa shape index (κ3) is 2.64. The molecule has 0 atom stereocenters. The minimum Gasteiger partial charge on any atom is -0.452 e. The number of hydrogen-bond donors (Lipinski definition) is 0. The van der Waals surface area contributed by atoms with Crippen LogP contribution in [0.15, 0.2) is 40.9 Å². The van der Waals surface area contributed by atoms with E-state index in [2.05, 4.69) is 22.5 Å². The number of halogens is 1. The lowest BCUT2D eigenvalue weighted by Gasteiger charge is -2.21. The zero-order chi connectivity index (χ0) is 16.5. The molecule has 1 aromatic carbocycles. The van der Waals surface area contributed by atoms with Gasteiger partial charge in [0, 0.05) is 28.0 Å². The Hall–Kier alpha value is -1.80. The first-order chi connectivity index (χ1) is 10.4. The van der Waals surface area contributed by atoms with Crippen molar-refractivity contribution in [2.75, 3.05) is 18.0 Å². The van der Waals surface area contributed by atoms with Gasteiger partial charge in [0.1, 0.15) is 0 Å². The van der Waals surface area contributed by atoms with Gasteiger partial charge in [0.15, 0.2) is 0 Å². The number of hydrogen-bond acceptors (Lipinski definition) is 4. The first kappa shape index (κ1) is 16.6. The van der Waals surface area contributed by atoms with Crippen LogP contribution in [-0.2, 0) is 14.8 Å². The Morgan fingerprint density at radius 1 is 1.50 bits per heavy atom. The Balaban J connectivity index is 2.79. The smallest absolute Gasteiger partial charge is 0.418 e. The van der Waals surface area contributed by atoms with E-state index < -0.39 is 16.1 Å². The molecule has 1 aromatic heterocycles. The summed E-state index contributed by atoms with van der Waals surface area (Å²) in [4.78, 5) is 11.8. The van der Waals surface area contributed by atoms with E-state index in [1.807, 2.05) is 0 Å². The van der Waals surface area contributed by atoms with Gasteiger partial charge in [-0.25, -0.2) is 13.2 Å². The highest BCUT2D eigenvalue weighted by molar-refractivity contribution is 9.10. The quantitative estimate of drug-likeness (QED) is 0.807. The van der Waals surface area contributed by atoms with Crippen molar-refractivity contribution in [3.63, 3.8) is 0 Å². The molecule has 0 saturated heterocycles. The molecule has 0 radical (unpaired) electrons. The fraction of sp³-hybridized carbons (Fsp3) is 0.214. The second-order valence-electron chi connectivity index (χ2n) is 4.36. The van der Waals surface area contributed by atoms with E-state index in [1.54, 1.807) is 31.3 Å². The summed E-state index contributed by atoms with van der Waals surface area (Å²) in [5.74, 6) is 0. The SMILES string of the molecule is C=CS(=O)(=O)N(CC)c1cccc2c1c(Br)cn2C(=O)OC. The molecule has 0 aliphatic heterocycles. The molecule has 0 fully saturated rings. The maximum atomic E-state index is 12.2. The average Bonchev–Trinajstić information content (AvgIpc) is 2.85. The minimum atomic E-state index is -3.64. The van der Waals surface area contributed by atoms with Crippen molar-refractivity contribution in [2.24, 2.45) is 0 Å². The Bertz CT molecular complexity index is 842. The Labute approximate surface area is 137 Å². The van der Waals surface area contributed by atoms with Gasteiger partial charge in [0.05, 0.1) is 18.3 Å². The van der Waals surface area contributed by atoms with Crippen LogP contribution in [0.2, 0.25) is 0 Å². The summed E-state index contributed by atoms with van der Waals surface area (Å²) in [6.45, 7) is 5.32. The molecule has 0 spiro atoms. The number of benzene rings is 1. The van der Waals surface area contributed by atoms with Crippen LogP contribution < -0.4 is 4.31 Å². The van der Waals surface area contributed by atoms with Gasteiger partial charge in [-0.2, -0.15) is 0 Å². The molecule has 0 unspecified atom stereocenters. The topological polar surface area (TPSA) is 68.6 Å². The molecule has 1 heterocycles. The van der Waals surface area contributed by atoms with Gasteiger partial charge in [-0.3, -0.25) is 8.87 Å². The number of fused-ring (bicyclic) bond motifs is 1. The number of rotatable bonds is 4. The van der Waals surface area contributed by atoms with Crippen molar-refractivity contribution < 1.29 is 17.9 Å². The van der Waals surface area contributed by atoms with Crippen molar-refractivity contribution in [1.82, 2.24) is 4.57 Å². The van der Waals surface area contributed by atoms with Gasteiger partial charge in [0.2, 0.25) is 0 Å². The summed E-state index contributed by atoms with van der Waals surface area (Å²) in [6.07, 6.45) is 0.997. The molecule has 0 N–H and O–H groups in total. The van der Waals surface area contributed by atoms with Crippen LogP contribution in [0.25, 0.3) is 10.9 Å². The molecule has 0 bridgehead atoms. The first-order valence-electron chi connectivity index (χ1n) is 6.40. The molecule has 0 saturated carbocycles. The lowest BCUT2D eigenvalue weighted by Crippen LogP contribution is -2.28. The van der Waals surface area contributed by atoms with Gasteiger partial charge in [-0.15, -0.1) is 0 Å². The predicted molar refractivity (Wildman–Crippen MR) is 89.6 cm³/mol. The van der Waals surface area contributed by atoms with E-state index >= 15 is 0 Å². The summed E-state index contributed by atoms with van der Waals surface area (Å²) in [5, 5.41) is 1.51. The summed E-state index contributed by atoms with van der Waals surface area (Å²) in [6, 6.07) is 5.08. The van der Waals surface area contributed by atoms with Crippen LogP contribution in [0.4, 0.5) is 10.5 Å². The van der Waals surface area contributed by atoms with Crippen LogP contribution in [0.3, 0.4) is 0 Å². The summed E-state index contributed by atoms with van der Waals surface area (Å²) < 4.78 is 32.2. The minimum absolute atomic E-state index is 0.239. The Morgan fingerprint density at radius 3 is 2.73 bits per heavy atom. The van der Waals surface area contributed by atoms with Crippen LogP contribution in [0.5, 0.6) is 0 Å². The Morgan fingerprint density at radius 2 is 2.18 bits per heavy atom. The average molecular weight is 387 g/mol. The fourth-order valence-electron chi connectivity index (χ4n) is 2.26. The number of ether oxygens (including phenoxy) is 1. The zero-order valence-corrected chi connectivity index (χ0v) is 14.5. The molecular formula is C14H15BrN2O4S. The molecule has 0 aliphatic rings. The Kier molecular flexibility index (Phi) is 4.62. The molecule has 6 nitrogen and oxygen atoms in total. The van der Waals surface area contributed by atoms with Crippen LogP contribution in [0, 0.1) is 0 Å². The van der Waals surface area contributed by atoms with Gasteiger partial charge in [-0.1, -0.05) is 12.6 Å². The molecule has 0 amide bonds. The summed E-state index contributed by atoms with van der Waals surface area (Å²) >= 11 is 3.38. The molecule has 22 heavy (non-hydrogen) atoms. The van der Waals surface area contributed by atoms with E-state index in [0.717, 1.165) is 5.41 Å². The van der Waals surface area contributed by atoms with Crippen molar-refractivity contribution in [2.45, 2.75) is 6.92 Å². The number of aromatic nitrogens is 1. The largest absolute Gasteiger partial charge is 0.452 e. The van der Waals surface area contributed by atoms with Gasteiger partial charge in [-0.05, 0) is 35.0 Å². The monoisotopic (exact) mass is 386 g/mol. The van der Waals surface area contributed by atoms with Crippen LogP contribution >= 0.6 is 15.9 Å². The van der Waals surface area contributed by atoms with Gasteiger partial charge in [0.25, 0.3) is 10.0 Å². The van der Waals surface area contributed by atoms with E-state index in [-0.39, 0.29) is 6.54 Å². The summed E-state index contributed by atoms with van der Waals surface area (Å²) in [5.41, 5.74) is 1.02. The number of anilines is 1. The second kappa shape index (κ2) is 6.13. The number of carbonyl (C=O) groups is 1. The maximum Gasteiger partial charge on any atom is 0.418 e. The molecular weight excluding hydrogens is 372 g/mol. The van der Waals surface area contributed by atoms with Crippen molar-refractivity contribution in [3.05, 3.63) is 40.9 Å². The number of nitrogens with zero attached hydrogens (tertiary/aromatic N) is 2. The summed E-state index contributed by atoms with van der Waals surface area (Å²) in [7, 11) is -2.35. The fourth-order valence-corrected chi connectivity index (χ4v) is 3.83. The van der Waals surface area contributed by atoms with Gasteiger partial charge >= 0.3 is 6.09 Å². The third-order valence-electron chi connectivity index (χ3n) is 3.21. The first-order valence-corrected chi connectivity index (χ1v) is 8.70. The highest BCUT2D eigenvalue weighted by atomic mass is 79.9. The second-order valence-corrected chi connectivity index (χ2v) is 7.02. The molecule has 0 aliphatic carbocycles. The van der Waals surface area contributed by atoms with Crippen molar-refractivity contribution in [1.29, 1.82) is 0 Å². The number of sulfonamides is 1. The standard InChI is InChI=1S/C14H15BrN2O4S/c1-4-17(22(19,20)5-2)12-8-6-7-11-13(12)10(15)9-16(11)14(18)21-3/h5-9H,2,4H2,1,3H3. The van der Waals surface area contributed by atoms with E-state index in [9.17, 15) is 13.2 Å². The predicted octanol–water partition coefficient (Wildman–Crippen LogP) is 3.32. The van der Waals surface area contributed by atoms with Crippen molar-refractivity contribution in [3.8, 4) is 0 Å².